The summed E-state index contributed by atoms with van der Waals surface area (Å²) in [4.78, 5) is 48.6. The topological polar surface area (TPSA) is 150 Å². The maximum absolute atomic E-state index is 13.2. The van der Waals surface area contributed by atoms with E-state index in [0.717, 1.165) is 14.8 Å². The van der Waals surface area contributed by atoms with Gasteiger partial charge < -0.3 is 9.84 Å². The quantitative estimate of drug-likeness (QED) is 0.372. The fourth-order valence-electron chi connectivity index (χ4n) is 4.94. The number of likely N-dealkylation sites (N-methyl/N-ethyl adjacent to an activating group) is 1. The number of hydrogen-bond acceptors (Lipinski definition) is 8. The predicted molar refractivity (Wildman–Crippen MR) is 135 cm³/mol. The number of carboxylic acid groups (broad SMARTS) is 1. The largest absolute Gasteiger partial charge is 0.490 e. The SMILES string of the molecule is CC[C@@]1(C(=O)OC)N[C@H](CN(C)S(=O)(=O)c2ccc(C(C)(C)C)cc2)[C@@H]2C(=O)N(C)C(=O)[C@@H]21.O=C(O)C(F)(F)F. The van der Waals surface area contributed by atoms with E-state index in [1.54, 1.807) is 31.2 Å². The first-order valence-electron chi connectivity index (χ1n) is 12.2. The summed E-state index contributed by atoms with van der Waals surface area (Å²) >= 11 is 0. The minimum atomic E-state index is -5.08. The molecule has 15 heteroatoms. The molecule has 11 nitrogen and oxygen atoms in total. The molecule has 0 saturated carbocycles. The average molecular weight is 594 g/mol. The monoisotopic (exact) mass is 593 g/mol. The lowest BCUT2D eigenvalue weighted by atomic mass is 9.78. The highest BCUT2D eigenvalue weighted by Crippen LogP contribution is 2.45. The zero-order chi connectivity index (χ0) is 31.0. The fourth-order valence-corrected chi connectivity index (χ4v) is 6.14. The molecule has 0 aromatic heterocycles. The Morgan fingerprint density at radius 3 is 2.02 bits per heavy atom. The molecule has 40 heavy (non-hydrogen) atoms. The van der Waals surface area contributed by atoms with E-state index in [0.29, 0.717) is 0 Å². The number of nitrogens with one attached hydrogen (secondary N) is 1. The van der Waals surface area contributed by atoms with Crippen molar-refractivity contribution in [3.63, 3.8) is 0 Å². The van der Waals surface area contributed by atoms with Crippen LogP contribution in [0.2, 0.25) is 0 Å². The molecule has 2 saturated heterocycles. The molecule has 3 rings (SSSR count). The van der Waals surface area contributed by atoms with Gasteiger partial charge in [0.25, 0.3) is 0 Å². The number of ether oxygens (including phenoxy) is 1. The molecule has 0 unspecified atom stereocenters. The first kappa shape index (κ1) is 33.2. The van der Waals surface area contributed by atoms with Gasteiger partial charge >= 0.3 is 18.1 Å². The van der Waals surface area contributed by atoms with Crippen molar-refractivity contribution in [1.82, 2.24) is 14.5 Å². The van der Waals surface area contributed by atoms with Crippen molar-refractivity contribution >= 4 is 33.8 Å². The first-order valence-corrected chi connectivity index (χ1v) is 13.6. The van der Waals surface area contributed by atoms with Gasteiger partial charge in [0, 0.05) is 26.7 Å². The molecule has 0 aliphatic carbocycles. The maximum atomic E-state index is 13.2. The van der Waals surface area contributed by atoms with E-state index < -0.39 is 63.4 Å². The normalized spacial score (nSPS) is 25.0. The molecule has 2 aliphatic rings. The first-order chi connectivity index (χ1) is 18.2. The summed E-state index contributed by atoms with van der Waals surface area (Å²) in [6.07, 6.45) is -4.87. The van der Waals surface area contributed by atoms with Crippen molar-refractivity contribution in [2.75, 3.05) is 27.7 Å². The zero-order valence-corrected chi connectivity index (χ0v) is 24.0. The molecule has 2 amide bonds. The van der Waals surface area contributed by atoms with E-state index in [2.05, 4.69) is 5.32 Å². The Bertz CT molecular complexity index is 1260. The van der Waals surface area contributed by atoms with E-state index >= 15 is 0 Å². The zero-order valence-electron chi connectivity index (χ0n) is 23.2. The summed E-state index contributed by atoms with van der Waals surface area (Å²) in [5, 5.41) is 10.2. The number of hydrogen-bond donors (Lipinski definition) is 2. The molecular weight excluding hydrogens is 559 g/mol. The molecule has 1 aromatic carbocycles. The highest BCUT2D eigenvalue weighted by atomic mass is 32.2. The van der Waals surface area contributed by atoms with Gasteiger partial charge in [0.05, 0.1) is 23.8 Å². The number of nitrogens with zero attached hydrogens (tertiary/aromatic N) is 2. The Kier molecular flexibility index (Phi) is 9.49. The number of halogens is 3. The van der Waals surface area contributed by atoms with Crippen molar-refractivity contribution in [2.45, 2.75) is 62.2 Å². The van der Waals surface area contributed by atoms with Gasteiger partial charge in [-0.2, -0.15) is 17.5 Å². The molecule has 0 radical (unpaired) electrons. The predicted octanol–water partition coefficient (Wildman–Crippen LogP) is 1.76. The Morgan fingerprint density at radius 1 is 1.12 bits per heavy atom. The van der Waals surface area contributed by atoms with Crippen LogP contribution >= 0.6 is 0 Å². The summed E-state index contributed by atoms with van der Waals surface area (Å²) in [6, 6.07) is 5.99. The fraction of sp³-hybridized carbons (Fsp3) is 0.600. The molecule has 4 atom stereocenters. The van der Waals surface area contributed by atoms with E-state index in [9.17, 15) is 36.0 Å². The van der Waals surface area contributed by atoms with Crippen LogP contribution in [-0.2, 0) is 39.4 Å². The Hall–Kier alpha value is -3.04. The molecule has 0 spiro atoms. The standard InChI is InChI=1S/C23H33N3O6S.C2HF3O2/c1-8-23(21(29)32-7)18-17(19(27)26(6)20(18)28)16(24-23)13-25(5)33(30,31)15-11-9-14(10-12-15)22(2,3)4;3-2(4,5)1(6)7/h9-12,16-18,24H,8,13H2,1-7H3;(H,6,7)/t16-,17+,18-,23-;/m1./s1. The lowest BCUT2D eigenvalue weighted by Gasteiger charge is -2.31. The van der Waals surface area contributed by atoms with Gasteiger partial charge in [0.15, 0.2) is 0 Å². The third kappa shape index (κ3) is 6.15. The Morgan fingerprint density at radius 2 is 1.62 bits per heavy atom. The number of benzene rings is 1. The Balaban J connectivity index is 0.000000708. The number of rotatable bonds is 6. The van der Waals surface area contributed by atoms with Crippen LogP contribution in [0.5, 0.6) is 0 Å². The highest BCUT2D eigenvalue weighted by Gasteiger charge is 2.67. The van der Waals surface area contributed by atoms with Crippen LogP contribution < -0.4 is 5.32 Å². The number of amides is 2. The van der Waals surface area contributed by atoms with Crippen LogP contribution in [0.25, 0.3) is 0 Å². The number of carbonyl (C=O) groups excluding carboxylic acids is 3. The van der Waals surface area contributed by atoms with Crippen LogP contribution in [0.15, 0.2) is 29.2 Å². The Labute approximate surface area is 230 Å². The number of imide groups is 1. The van der Waals surface area contributed by atoms with Crippen molar-refractivity contribution in [2.24, 2.45) is 11.8 Å². The lowest BCUT2D eigenvalue weighted by molar-refractivity contribution is -0.192. The third-order valence-electron chi connectivity index (χ3n) is 7.21. The second kappa shape index (κ2) is 11.4. The number of methoxy groups -OCH3 is 1. The number of carboxylic acids is 1. The van der Waals surface area contributed by atoms with Gasteiger partial charge in [-0.15, -0.1) is 0 Å². The van der Waals surface area contributed by atoms with E-state index in [4.69, 9.17) is 14.6 Å². The minimum absolute atomic E-state index is 0.0872. The van der Waals surface area contributed by atoms with Gasteiger partial charge in [0.1, 0.15) is 5.54 Å². The molecule has 2 fully saturated rings. The second-order valence-corrected chi connectivity index (χ2v) is 12.7. The molecule has 0 bridgehead atoms. The molecule has 2 aliphatic heterocycles. The van der Waals surface area contributed by atoms with Gasteiger partial charge in [-0.25, -0.2) is 13.2 Å². The number of sulfonamides is 1. The van der Waals surface area contributed by atoms with Gasteiger partial charge in [-0.3, -0.25) is 24.6 Å². The van der Waals surface area contributed by atoms with Crippen LogP contribution in [0.3, 0.4) is 0 Å². The molecular formula is C25H34F3N3O8S. The van der Waals surface area contributed by atoms with Crippen molar-refractivity contribution in [3.05, 3.63) is 29.8 Å². The molecule has 1 aromatic rings. The molecule has 224 valence electrons. The van der Waals surface area contributed by atoms with Gasteiger partial charge in [-0.1, -0.05) is 39.8 Å². The second-order valence-electron chi connectivity index (χ2n) is 10.7. The van der Waals surface area contributed by atoms with Gasteiger partial charge in [0.2, 0.25) is 21.8 Å². The van der Waals surface area contributed by atoms with Crippen molar-refractivity contribution in [3.8, 4) is 0 Å². The molecule has 2 heterocycles. The third-order valence-corrected chi connectivity index (χ3v) is 9.05. The van der Waals surface area contributed by atoms with Crippen molar-refractivity contribution in [1.29, 1.82) is 0 Å². The summed E-state index contributed by atoms with van der Waals surface area (Å²) in [5.41, 5.74) is -0.496. The minimum Gasteiger partial charge on any atom is -0.475 e. The summed E-state index contributed by atoms with van der Waals surface area (Å²) in [7, 11) is 0.177. The van der Waals surface area contributed by atoms with E-state index in [1.807, 2.05) is 20.8 Å². The van der Waals surface area contributed by atoms with Crippen molar-refractivity contribution < 1.29 is 50.6 Å². The van der Waals surface area contributed by atoms with E-state index in [-0.39, 0.29) is 23.3 Å². The number of fused-ring (bicyclic) bond motifs is 1. The van der Waals surface area contributed by atoms with Crippen LogP contribution in [0.1, 0.15) is 39.7 Å². The number of carbonyl (C=O) groups is 4. The number of aliphatic carboxylic acids is 1. The van der Waals surface area contributed by atoms with Gasteiger partial charge in [-0.05, 0) is 29.5 Å². The summed E-state index contributed by atoms with van der Waals surface area (Å²) < 4.78 is 64.4. The maximum Gasteiger partial charge on any atom is 0.490 e. The van der Waals surface area contributed by atoms with Crippen LogP contribution in [0.4, 0.5) is 13.2 Å². The lowest BCUT2D eigenvalue weighted by Crippen LogP contribution is -2.57. The number of esters is 1. The number of likely N-dealkylation sites (tertiary alicyclic amines) is 1. The number of alkyl halides is 3. The summed E-state index contributed by atoms with van der Waals surface area (Å²) in [6.45, 7) is 7.78. The summed E-state index contributed by atoms with van der Waals surface area (Å²) in [5.74, 6) is -6.09. The van der Waals surface area contributed by atoms with E-state index in [1.165, 1.54) is 21.2 Å². The highest BCUT2D eigenvalue weighted by molar-refractivity contribution is 7.89. The molecule has 2 N–H and O–H groups in total. The average Bonchev–Trinajstić information content (AvgIpc) is 3.31. The van der Waals surface area contributed by atoms with Crippen LogP contribution in [-0.4, -0.2) is 92.0 Å². The smallest absolute Gasteiger partial charge is 0.475 e. The van der Waals surface area contributed by atoms with Crippen LogP contribution in [0, 0.1) is 11.8 Å².